The number of benzene rings is 3. The molecule has 0 aliphatic carbocycles. The fourth-order valence-electron chi connectivity index (χ4n) is 5.95. The van der Waals surface area contributed by atoms with E-state index in [-0.39, 0.29) is 22.1 Å². The quantitative estimate of drug-likeness (QED) is 0.201. The predicted molar refractivity (Wildman–Crippen MR) is 155 cm³/mol. The van der Waals surface area contributed by atoms with Gasteiger partial charge in [0.15, 0.2) is 0 Å². The number of esters is 1. The number of hydrogen-bond donors (Lipinski definition) is 2. The van der Waals surface area contributed by atoms with Gasteiger partial charge in [0.2, 0.25) is 0 Å². The highest BCUT2D eigenvalue weighted by Crippen LogP contribution is 2.47. The van der Waals surface area contributed by atoms with Crippen LogP contribution < -0.4 is 15.1 Å². The van der Waals surface area contributed by atoms with E-state index < -0.39 is 42.1 Å². The number of ether oxygens (including phenoxy) is 4. The normalized spacial score (nSPS) is 22.8. The minimum Gasteiger partial charge on any atom is -0.507 e. The number of nitrogens with zero attached hydrogens (tertiary/aromatic N) is 1. The molecule has 1 aliphatic rings. The molecule has 5 rings (SSSR count). The Morgan fingerprint density at radius 3 is 2.34 bits per heavy atom. The largest absolute Gasteiger partial charge is 0.507 e. The summed E-state index contributed by atoms with van der Waals surface area (Å²) in [6.07, 6.45) is -1.86. The van der Waals surface area contributed by atoms with Crippen molar-refractivity contribution < 1.29 is 38.4 Å². The molecular formula is C31H33NO9. The molecule has 216 valence electrons. The minimum absolute atomic E-state index is 0.112. The first-order valence-electron chi connectivity index (χ1n) is 13.1. The highest BCUT2D eigenvalue weighted by atomic mass is 16.6. The summed E-state index contributed by atoms with van der Waals surface area (Å²) in [6, 6.07) is 7.59. The van der Waals surface area contributed by atoms with Gasteiger partial charge in [0.1, 0.15) is 41.1 Å². The van der Waals surface area contributed by atoms with Crippen LogP contribution in [0.4, 0.5) is 0 Å². The summed E-state index contributed by atoms with van der Waals surface area (Å²) in [4.78, 5) is 27.1. The van der Waals surface area contributed by atoms with E-state index in [9.17, 15) is 19.8 Å². The lowest BCUT2D eigenvalue weighted by molar-refractivity contribution is -0.212. The average Bonchev–Trinajstić information content (AvgIpc) is 2.94. The summed E-state index contributed by atoms with van der Waals surface area (Å²) in [6.45, 7) is 6.87. The van der Waals surface area contributed by atoms with Gasteiger partial charge in [-0.1, -0.05) is 18.7 Å². The summed E-state index contributed by atoms with van der Waals surface area (Å²) in [7, 11) is 6.54. The summed E-state index contributed by atoms with van der Waals surface area (Å²) in [5.74, 6) is 0.144. The van der Waals surface area contributed by atoms with Crippen LogP contribution in [0.15, 0.2) is 46.1 Å². The zero-order valence-corrected chi connectivity index (χ0v) is 23.8. The van der Waals surface area contributed by atoms with Crippen LogP contribution in [0.2, 0.25) is 0 Å². The highest BCUT2D eigenvalue weighted by Gasteiger charge is 2.47. The van der Waals surface area contributed by atoms with Crippen molar-refractivity contribution in [1.82, 2.24) is 4.90 Å². The van der Waals surface area contributed by atoms with Crippen LogP contribution in [0.25, 0.3) is 38.6 Å². The first-order valence-corrected chi connectivity index (χ1v) is 13.1. The monoisotopic (exact) mass is 563 g/mol. The fourth-order valence-corrected chi connectivity index (χ4v) is 5.95. The van der Waals surface area contributed by atoms with Crippen molar-refractivity contribution in [2.24, 2.45) is 0 Å². The average molecular weight is 564 g/mol. The van der Waals surface area contributed by atoms with E-state index in [1.165, 1.54) is 27.2 Å². The first-order chi connectivity index (χ1) is 19.5. The van der Waals surface area contributed by atoms with Gasteiger partial charge in [0.25, 0.3) is 0 Å². The lowest BCUT2D eigenvalue weighted by Crippen LogP contribution is -2.60. The standard InChI is InChI=1S/C31H33NO9/c1-8-16-11-19-23(21(12-16)37-6)18-13-22(38-7)25-20(34)10-9-17(24(25)29(18)41-31(19)36)30-27(35)26(32(4)5)28(14(2)39-30)40-15(3)33/h8-14,26-28,30,34-35H,1H2,2-7H3/t14-,26-,27-,28+,30+/m0/s1. The van der Waals surface area contributed by atoms with Crippen molar-refractivity contribution in [2.75, 3.05) is 28.3 Å². The number of rotatable bonds is 6. The van der Waals surface area contributed by atoms with Gasteiger partial charge in [-0.3, -0.25) is 4.79 Å². The number of carbonyl (C=O) groups excluding carboxylic acids is 1. The van der Waals surface area contributed by atoms with Crippen LogP contribution in [0.3, 0.4) is 0 Å². The number of carbonyl (C=O) groups is 1. The molecule has 1 aliphatic heterocycles. The minimum atomic E-state index is -1.17. The van der Waals surface area contributed by atoms with Gasteiger partial charge in [-0.05, 0) is 56.4 Å². The molecule has 10 nitrogen and oxygen atoms in total. The SMILES string of the molecule is C=Cc1cc(OC)c2c(c1)c(=O)oc1c2cc(OC)c2c(O)ccc([C@H]3O[C@@H](C)[C@@H](OC(C)=O)[C@@H](N(C)C)[C@@H]3O)c21. The molecule has 0 saturated carbocycles. The highest BCUT2D eigenvalue weighted by molar-refractivity contribution is 6.19. The molecular weight excluding hydrogens is 530 g/mol. The van der Waals surface area contributed by atoms with Gasteiger partial charge >= 0.3 is 11.6 Å². The number of aromatic hydroxyl groups is 1. The van der Waals surface area contributed by atoms with Gasteiger partial charge < -0.3 is 38.5 Å². The third-order valence-corrected chi connectivity index (χ3v) is 7.72. The molecule has 10 heteroatoms. The molecule has 1 fully saturated rings. The van der Waals surface area contributed by atoms with E-state index in [0.29, 0.717) is 38.8 Å². The molecule has 0 amide bonds. The van der Waals surface area contributed by atoms with E-state index in [2.05, 4.69) is 6.58 Å². The molecule has 41 heavy (non-hydrogen) atoms. The number of aliphatic hydroxyl groups is 1. The van der Waals surface area contributed by atoms with E-state index >= 15 is 0 Å². The number of likely N-dealkylation sites (N-methyl/N-ethyl adjacent to an activating group) is 1. The number of fused-ring (bicyclic) bond motifs is 5. The van der Waals surface area contributed by atoms with Crippen molar-refractivity contribution in [3.05, 3.63) is 58.5 Å². The van der Waals surface area contributed by atoms with Crippen molar-refractivity contribution >= 4 is 44.6 Å². The Labute approximate surface area is 236 Å². The number of aliphatic hydroxyl groups excluding tert-OH is 1. The van der Waals surface area contributed by atoms with E-state index in [4.69, 9.17) is 23.4 Å². The Balaban J connectivity index is 1.88. The molecule has 1 saturated heterocycles. The van der Waals surface area contributed by atoms with E-state index in [1.54, 1.807) is 56.3 Å². The van der Waals surface area contributed by atoms with E-state index in [0.717, 1.165) is 0 Å². The van der Waals surface area contributed by atoms with Crippen molar-refractivity contribution in [3.8, 4) is 17.2 Å². The van der Waals surface area contributed by atoms with Crippen LogP contribution in [-0.2, 0) is 14.3 Å². The molecule has 0 unspecified atom stereocenters. The van der Waals surface area contributed by atoms with Crippen LogP contribution in [-0.4, -0.2) is 73.8 Å². The summed E-state index contributed by atoms with van der Waals surface area (Å²) < 4.78 is 29.2. The van der Waals surface area contributed by atoms with E-state index in [1.807, 2.05) is 0 Å². The number of methoxy groups -OCH3 is 2. The van der Waals surface area contributed by atoms with Gasteiger partial charge in [0.05, 0.1) is 37.1 Å². The second kappa shape index (κ2) is 10.7. The molecule has 4 aromatic rings. The Bertz CT molecular complexity index is 1740. The molecule has 3 aromatic carbocycles. The second-order valence-corrected chi connectivity index (χ2v) is 10.4. The van der Waals surface area contributed by atoms with Crippen LogP contribution in [0, 0.1) is 0 Å². The maximum Gasteiger partial charge on any atom is 0.344 e. The van der Waals surface area contributed by atoms with Crippen LogP contribution >= 0.6 is 0 Å². The molecule has 0 bridgehead atoms. The Morgan fingerprint density at radius 2 is 1.73 bits per heavy atom. The zero-order chi connectivity index (χ0) is 29.7. The van der Waals surface area contributed by atoms with Crippen molar-refractivity contribution in [3.63, 3.8) is 0 Å². The predicted octanol–water partition coefficient (Wildman–Crippen LogP) is 4.15. The number of hydrogen-bond acceptors (Lipinski definition) is 10. The van der Waals surface area contributed by atoms with Crippen LogP contribution in [0.5, 0.6) is 17.2 Å². The lowest BCUT2D eigenvalue weighted by Gasteiger charge is -2.46. The number of phenols is 1. The molecule has 2 N–H and O–H groups in total. The van der Waals surface area contributed by atoms with Gasteiger partial charge in [0, 0.05) is 23.1 Å². The third kappa shape index (κ3) is 4.57. The Kier molecular flexibility index (Phi) is 7.41. The van der Waals surface area contributed by atoms with Gasteiger partial charge in [-0.25, -0.2) is 4.79 Å². The molecule has 1 aromatic heterocycles. The molecule has 5 atom stereocenters. The Morgan fingerprint density at radius 1 is 1.05 bits per heavy atom. The maximum atomic E-state index is 13.4. The molecule has 0 radical (unpaired) electrons. The summed E-state index contributed by atoms with van der Waals surface area (Å²) in [5, 5.41) is 24.6. The number of phenolic OH excluding ortho intramolecular Hbond substituents is 1. The van der Waals surface area contributed by atoms with Crippen molar-refractivity contribution in [1.29, 1.82) is 0 Å². The smallest absolute Gasteiger partial charge is 0.344 e. The summed E-state index contributed by atoms with van der Waals surface area (Å²) in [5.41, 5.74) is 0.686. The van der Waals surface area contributed by atoms with Crippen molar-refractivity contribution in [2.45, 2.75) is 44.3 Å². The third-order valence-electron chi connectivity index (χ3n) is 7.72. The fraction of sp³-hybridized carbons (Fsp3) is 0.355. The topological polar surface area (TPSA) is 128 Å². The zero-order valence-electron chi connectivity index (χ0n) is 23.8. The molecule has 2 heterocycles. The van der Waals surface area contributed by atoms with Gasteiger partial charge in [-0.2, -0.15) is 0 Å². The lowest BCUT2D eigenvalue weighted by atomic mass is 9.86. The van der Waals surface area contributed by atoms with Gasteiger partial charge in [-0.15, -0.1) is 0 Å². The van der Waals surface area contributed by atoms with Crippen LogP contribution in [0.1, 0.15) is 31.1 Å². The molecule has 0 spiro atoms. The maximum absolute atomic E-state index is 13.4. The second-order valence-electron chi connectivity index (χ2n) is 10.4. The first kappa shape index (κ1) is 28.4. The summed E-state index contributed by atoms with van der Waals surface area (Å²) >= 11 is 0. The Hall–Kier alpha value is -4.12.